The standard InChI is InChI=1S/C28H38N8O3/c1-28(2,3)39-27(38)35-17-14-33(15-18-35)16-19-36-24(37)9-4-21-20-30-26(32-25(21)36)31-22-5-7-23(8-6-22)34-12-10-29-11-13-34/h4-9,20,29H,10-19H2,1-3H3,(H,30,31,32). The van der Waals surface area contributed by atoms with Crippen molar-refractivity contribution in [1.29, 1.82) is 0 Å². The zero-order valence-corrected chi connectivity index (χ0v) is 23.0. The maximum Gasteiger partial charge on any atom is 0.410 e. The van der Waals surface area contributed by atoms with Crippen LogP contribution in [0.5, 0.6) is 0 Å². The Bertz CT molecular complexity index is 1340. The third kappa shape index (κ3) is 6.85. The van der Waals surface area contributed by atoms with Gasteiger partial charge in [0.2, 0.25) is 5.95 Å². The monoisotopic (exact) mass is 534 g/mol. The highest BCUT2D eigenvalue weighted by Gasteiger charge is 2.25. The van der Waals surface area contributed by atoms with Gasteiger partial charge in [-0.25, -0.2) is 9.78 Å². The van der Waals surface area contributed by atoms with Gasteiger partial charge in [0.25, 0.3) is 5.56 Å². The molecule has 2 aromatic heterocycles. The summed E-state index contributed by atoms with van der Waals surface area (Å²) in [5, 5.41) is 7.47. The van der Waals surface area contributed by atoms with E-state index in [4.69, 9.17) is 9.72 Å². The number of hydrogen-bond donors (Lipinski definition) is 2. The molecule has 2 aliphatic rings. The van der Waals surface area contributed by atoms with Gasteiger partial charge in [0.1, 0.15) is 11.2 Å². The number of nitrogens with one attached hydrogen (secondary N) is 2. The number of pyridine rings is 1. The molecule has 0 spiro atoms. The van der Waals surface area contributed by atoms with Crippen LogP contribution in [0, 0.1) is 0 Å². The smallest absolute Gasteiger partial charge is 0.410 e. The quantitative estimate of drug-likeness (QED) is 0.493. The summed E-state index contributed by atoms with van der Waals surface area (Å²) < 4.78 is 7.20. The maximum absolute atomic E-state index is 12.8. The Morgan fingerprint density at radius 2 is 1.69 bits per heavy atom. The largest absolute Gasteiger partial charge is 0.444 e. The summed E-state index contributed by atoms with van der Waals surface area (Å²) in [5.41, 5.74) is 2.08. The molecule has 3 aromatic rings. The molecule has 1 amide bonds. The molecule has 0 radical (unpaired) electrons. The number of fused-ring (bicyclic) bond motifs is 1. The lowest BCUT2D eigenvalue weighted by molar-refractivity contribution is 0.0143. The topological polar surface area (TPSA) is 108 Å². The number of hydrogen-bond acceptors (Lipinski definition) is 9. The third-order valence-electron chi connectivity index (χ3n) is 6.99. The van der Waals surface area contributed by atoms with E-state index in [0.29, 0.717) is 37.8 Å². The van der Waals surface area contributed by atoms with Crippen LogP contribution in [-0.2, 0) is 11.3 Å². The second-order valence-electron chi connectivity index (χ2n) is 11.0. The number of carbonyl (C=O) groups is 1. The van der Waals surface area contributed by atoms with E-state index < -0.39 is 5.60 Å². The molecule has 11 nitrogen and oxygen atoms in total. The first kappa shape index (κ1) is 26.9. The van der Waals surface area contributed by atoms with Crippen molar-refractivity contribution < 1.29 is 9.53 Å². The zero-order valence-electron chi connectivity index (χ0n) is 23.0. The number of aromatic nitrogens is 3. The molecule has 4 heterocycles. The summed E-state index contributed by atoms with van der Waals surface area (Å²) in [6, 6.07) is 11.6. The lowest BCUT2D eigenvalue weighted by Crippen LogP contribution is -2.50. The Balaban J connectivity index is 1.23. The van der Waals surface area contributed by atoms with Crippen molar-refractivity contribution >= 4 is 34.4 Å². The summed E-state index contributed by atoms with van der Waals surface area (Å²) in [6.45, 7) is 13.4. The number of nitrogens with zero attached hydrogens (tertiary/aromatic N) is 6. The lowest BCUT2D eigenvalue weighted by Gasteiger charge is -2.35. The van der Waals surface area contributed by atoms with Crippen LogP contribution in [0.3, 0.4) is 0 Å². The van der Waals surface area contributed by atoms with Gasteiger partial charge in [-0.3, -0.25) is 14.3 Å². The van der Waals surface area contributed by atoms with Crippen molar-refractivity contribution in [3.05, 3.63) is 52.9 Å². The van der Waals surface area contributed by atoms with Crippen molar-refractivity contribution in [3.8, 4) is 0 Å². The van der Waals surface area contributed by atoms with Crippen LogP contribution >= 0.6 is 0 Å². The first-order chi connectivity index (χ1) is 18.7. The van der Waals surface area contributed by atoms with Gasteiger partial charge in [-0.05, 0) is 51.1 Å². The molecule has 208 valence electrons. The molecular weight excluding hydrogens is 496 g/mol. The van der Waals surface area contributed by atoms with Crippen LogP contribution < -0.4 is 21.1 Å². The van der Waals surface area contributed by atoms with Gasteiger partial charge in [-0.15, -0.1) is 0 Å². The Morgan fingerprint density at radius 1 is 0.974 bits per heavy atom. The molecule has 39 heavy (non-hydrogen) atoms. The van der Waals surface area contributed by atoms with E-state index >= 15 is 0 Å². The molecule has 0 bridgehead atoms. The molecule has 2 N–H and O–H groups in total. The average Bonchev–Trinajstić information content (AvgIpc) is 2.93. The van der Waals surface area contributed by atoms with Crippen LogP contribution in [0.25, 0.3) is 11.0 Å². The minimum atomic E-state index is -0.506. The van der Waals surface area contributed by atoms with Crippen molar-refractivity contribution in [3.63, 3.8) is 0 Å². The second-order valence-corrected chi connectivity index (χ2v) is 11.0. The third-order valence-corrected chi connectivity index (χ3v) is 6.99. The van der Waals surface area contributed by atoms with E-state index in [2.05, 4.69) is 37.6 Å². The lowest BCUT2D eigenvalue weighted by atomic mass is 10.2. The molecule has 1 aromatic carbocycles. The van der Waals surface area contributed by atoms with Gasteiger partial charge < -0.3 is 25.2 Å². The van der Waals surface area contributed by atoms with Crippen LogP contribution in [0.4, 0.5) is 22.1 Å². The number of rotatable bonds is 6. The minimum absolute atomic E-state index is 0.0973. The molecule has 0 aliphatic carbocycles. The van der Waals surface area contributed by atoms with Crippen LogP contribution in [0.2, 0.25) is 0 Å². The molecule has 0 atom stereocenters. The van der Waals surface area contributed by atoms with Crippen LogP contribution in [0.15, 0.2) is 47.4 Å². The average molecular weight is 535 g/mol. The Labute approximate surface area is 228 Å². The molecular formula is C28H38N8O3. The summed E-state index contributed by atoms with van der Waals surface area (Å²) >= 11 is 0. The summed E-state index contributed by atoms with van der Waals surface area (Å²) in [7, 11) is 0. The highest BCUT2D eigenvalue weighted by molar-refractivity contribution is 5.75. The number of benzene rings is 1. The van der Waals surface area contributed by atoms with Gasteiger partial charge in [0, 0.05) is 94.5 Å². The molecule has 5 rings (SSSR count). The van der Waals surface area contributed by atoms with Crippen molar-refractivity contribution in [2.45, 2.75) is 32.9 Å². The molecule has 11 heteroatoms. The fourth-order valence-electron chi connectivity index (χ4n) is 4.88. The molecule has 2 aliphatic heterocycles. The molecule has 0 unspecified atom stereocenters. The van der Waals surface area contributed by atoms with Crippen LogP contribution in [-0.4, -0.2) is 94.9 Å². The van der Waals surface area contributed by atoms with Gasteiger partial charge in [-0.2, -0.15) is 4.98 Å². The van der Waals surface area contributed by atoms with Gasteiger partial charge in [-0.1, -0.05) is 0 Å². The summed E-state index contributed by atoms with van der Waals surface area (Å²) in [4.78, 5) is 40.7. The Hall–Kier alpha value is -3.70. The first-order valence-electron chi connectivity index (χ1n) is 13.6. The van der Waals surface area contributed by atoms with E-state index in [1.54, 1.807) is 27.8 Å². The molecule has 0 saturated carbocycles. The Morgan fingerprint density at radius 3 is 2.38 bits per heavy atom. The predicted molar refractivity (Wildman–Crippen MR) is 153 cm³/mol. The normalized spacial score (nSPS) is 16.9. The number of anilines is 3. The number of ether oxygens (including phenoxy) is 1. The summed E-state index contributed by atoms with van der Waals surface area (Å²) in [5.74, 6) is 0.447. The second kappa shape index (κ2) is 11.6. The highest BCUT2D eigenvalue weighted by atomic mass is 16.6. The summed E-state index contributed by atoms with van der Waals surface area (Å²) in [6.07, 6.45) is 1.47. The SMILES string of the molecule is CC(C)(C)OC(=O)N1CCN(CCn2c(=O)ccc3cnc(Nc4ccc(N5CCNCC5)cc4)nc32)CC1. The Kier molecular flexibility index (Phi) is 7.99. The zero-order chi connectivity index (χ0) is 27.4. The number of carbonyl (C=O) groups excluding carboxylic acids is 1. The van der Waals surface area contributed by atoms with E-state index in [9.17, 15) is 9.59 Å². The van der Waals surface area contributed by atoms with Crippen molar-refractivity contribution in [1.82, 2.24) is 29.7 Å². The first-order valence-corrected chi connectivity index (χ1v) is 13.6. The fraction of sp³-hybridized carbons (Fsp3) is 0.500. The van der Waals surface area contributed by atoms with E-state index in [-0.39, 0.29) is 11.7 Å². The fourth-order valence-corrected chi connectivity index (χ4v) is 4.88. The van der Waals surface area contributed by atoms with Crippen molar-refractivity contribution in [2.24, 2.45) is 0 Å². The van der Waals surface area contributed by atoms with Crippen molar-refractivity contribution in [2.75, 3.05) is 69.1 Å². The number of piperazine rings is 2. The van der Waals surface area contributed by atoms with Gasteiger partial charge >= 0.3 is 6.09 Å². The highest BCUT2D eigenvalue weighted by Crippen LogP contribution is 2.21. The molecule has 2 fully saturated rings. The predicted octanol–water partition coefficient (Wildman–Crippen LogP) is 2.50. The van der Waals surface area contributed by atoms with Crippen LogP contribution in [0.1, 0.15) is 20.8 Å². The van der Waals surface area contributed by atoms with E-state index in [1.807, 2.05) is 32.9 Å². The minimum Gasteiger partial charge on any atom is -0.444 e. The van der Waals surface area contributed by atoms with E-state index in [0.717, 1.165) is 50.3 Å². The van der Waals surface area contributed by atoms with Gasteiger partial charge in [0.05, 0.1) is 0 Å². The molecule has 2 saturated heterocycles. The van der Waals surface area contributed by atoms with E-state index in [1.165, 1.54) is 5.69 Å². The number of amides is 1. The maximum atomic E-state index is 12.8. The van der Waals surface area contributed by atoms with Gasteiger partial charge in [0.15, 0.2) is 0 Å².